The van der Waals surface area contributed by atoms with Crippen LogP contribution in [0.1, 0.15) is 21.5 Å². The molecule has 0 spiro atoms. The number of hydrogen-bond donors (Lipinski definition) is 0. The predicted molar refractivity (Wildman–Crippen MR) is 73.1 cm³/mol. The molecule has 0 saturated heterocycles. The first-order valence-electron chi connectivity index (χ1n) is 5.78. The van der Waals surface area contributed by atoms with E-state index in [9.17, 15) is 18.0 Å². The molecule has 0 aliphatic rings. The largest absolute Gasteiger partial charge is 0.416 e. The Balaban J connectivity index is 2.33. The maximum Gasteiger partial charge on any atom is 0.416 e. The Kier molecular flexibility index (Phi) is 4.18. The number of carbonyl (C=O) groups excluding carboxylic acids is 1. The topological polar surface area (TPSA) is 17.1 Å². The van der Waals surface area contributed by atoms with Gasteiger partial charge in [0.05, 0.1) is 5.56 Å². The minimum atomic E-state index is -4.45. The van der Waals surface area contributed by atoms with Crippen LogP contribution < -0.4 is 0 Å². The van der Waals surface area contributed by atoms with E-state index >= 15 is 0 Å². The second kappa shape index (κ2) is 5.71. The predicted octanol–water partition coefficient (Wildman–Crippen LogP) is 4.66. The van der Waals surface area contributed by atoms with E-state index in [1.807, 2.05) is 6.26 Å². The van der Waals surface area contributed by atoms with Gasteiger partial charge in [0.2, 0.25) is 0 Å². The lowest BCUT2D eigenvalue weighted by Gasteiger charge is -2.08. The van der Waals surface area contributed by atoms with Gasteiger partial charge in [-0.15, -0.1) is 11.8 Å². The summed E-state index contributed by atoms with van der Waals surface area (Å²) < 4.78 is 37.9. The molecule has 0 aliphatic carbocycles. The molecular formula is C15H11F3OS. The lowest BCUT2D eigenvalue weighted by Crippen LogP contribution is -2.08. The van der Waals surface area contributed by atoms with Crippen LogP contribution in [0.15, 0.2) is 53.4 Å². The average molecular weight is 296 g/mol. The lowest BCUT2D eigenvalue weighted by atomic mass is 10.0. The summed E-state index contributed by atoms with van der Waals surface area (Å²) in [5.74, 6) is -0.413. The molecule has 0 unspecified atom stereocenters. The maximum atomic E-state index is 12.6. The van der Waals surface area contributed by atoms with Gasteiger partial charge in [-0.05, 0) is 42.7 Å². The van der Waals surface area contributed by atoms with E-state index in [4.69, 9.17) is 0 Å². The standard InChI is InChI=1S/C15H11F3OS/c1-20-13-7-5-10(6-8-13)14(19)11-3-2-4-12(9-11)15(16,17)18/h2-9H,1H3. The van der Waals surface area contributed by atoms with Crippen molar-refractivity contribution >= 4 is 17.5 Å². The molecule has 0 aliphatic heterocycles. The third-order valence-electron chi connectivity index (χ3n) is 2.80. The van der Waals surface area contributed by atoms with E-state index in [0.29, 0.717) is 5.56 Å². The first-order chi connectivity index (χ1) is 9.41. The fourth-order valence-corrected chi connectivity index (χ4v) is 2.15. The summed E-state index contributed by atoms with van der Waals surface area (Å²) in [6, 6.07) is 11.2. The zero-order valence-corrected chi connectivity index (χ0v) is 11.4. The van der Waals surface area contributed by atoms with Crippen molar-refractivity contribution in [3.63, 3.8) is 0 Å². The van der Waals surface area contributed by atoms with E-state index in [1.54, 1.807) is 24.3 Å². The number of carbonyl (C=O) groups is 1. The summed E-state index contributed by atoms with van der Waals surface area (Å²) in [6.45, 7) is 0. The molecule has 0 amide bonds. The Labute approximate surface area is 118 Å². The van der Waals surface area contributed by atoms with Crippen molar-refractivity contribution in [2.24, 2.45) is 0 Å². The Hall–Kier alpha value is -1.75. The van der Waals surface area contributed by atoms with Crippen molar-refractivity contribution in [3.8, 4) is 0 Å². The number of rotatable bonds is 3. The average Bonchev–Trinajstić information content (AvgIpc) is 2.46. The third kappa shape index (κ3) is 3.22. The Morgan fingerprint density at radius 2 is 1.65 bits per heavy atom. The van der Waals surface area contributed by atoms with E-state index in [-0.39, 0.29) is 5.56 Å². The van der Waals surface area contributed by atoms with Crippen LogP contribution in [0.4, 0.5) is 13.2 Å². The minimum absolute atomic E-state index is 0.0386. The molecule has 0 radical (unpaired) electrons. The smallest absolute Gasteiger partial charge is 0.289 e. The number of ketones is 1. The fraction of sp³-hybridized carbons (Fsp3) is 0.133. The highest BCUT2D eigenvalue weighted by Crippen LogP contribution is 2.30. The molecule has 2 aromatic rings. The van der Waals surface area contributed by atoms with Crippen molar-refractivity contribution in [2.75, 3.05) is 6.26 Å². The van der Waals surface area contributed by atoms with Gasteiger partial charge >= 0.3 is 6.18 Å². The van der Waals surface area contributed by atoms with Crippen LogP contribution in [-0.4, -0.2) is 12.0 Å². The second-order valence-electron chi connectivity index (χ2n) is 4.14. The highest BCUT2D eigenvalue weighted by Gasteiger charge is 2.30. The molecular weight excluding hydrogens is 285 g/mol. The van der Waals surface area contributed by atoms with Gasteiger partial charge in [0.15, 0.2) is 5.78 Å². The SMILES string of the molecule is CSc1ccc(C(=O)c2cccc(C(F)(F)F)c2)cc1. The van der Waals surface area contributed by atoms with Gasteiger partial charge in [-0.25, -0.2) is 0 Å². The van der Waals surface area contributed by atoms with Crippen LogP contribution in [0.2, 0.25) is 0 Å². The Morgan fingerprint density at radius 3 is 2.20 bits per heavy atom. The Morgan fingerprint density at radius 1 is 1.00 bits per heavy atom. The number of thioether (sulfide) groups is 1. The van der Waals surface area contributed by atoms with Gasteiger partial charge in [-0.3, -0.25) is 4.79 Å². The fourth-order valence-electron chi connectivity index (χ4n) is 1.75. The number of hydrogen-bond acceptors (Lipinski definition) is 2. The maximum absolute atomic E-state index is 12.6. The number of halogens is 3. The monoisotopic (exact) mass is 296 g/mol. The number of alkyl halides is 3. The van der Waals surface area contributed by atoms with E-state index in [1.165, 1.54) is 23.9 Å². The summed E-state index contributed by atoms with van der Waals surface area (Å²) >= 11 is 1.53. The first-order valence-corrected chi connectivity index (χ1v) is 7.00. The molecule has 20 heavy (non-hydrogen) atoms. The summed E-state index contributed by atoms with van der Waals surface area (Å²) in [6.07, 6.45) is -2.54. The van der Waals surface area contributed by atoms with Crippen LogP contribution in [0.5, 0.6) is 0 Å². The molecule has 2 aromatic carbocycles. The van der Waals surface area contributed by atoms with Gasteiger partial charge in [0.25, 0.3) is 0 Å². The molecule has 0 bridgehead atoms. The van der Waals surface area contributed by atoms with E-state index in [0.717, 1.165) is 17.0 Å². The summed E-state index contributed by atoms with van der Waals surface area (Å²) in [5, 5.41) is 0. The molecule has 0 fully saturated rings. The van der Waals surface area contributed by atoms with Crippen molar-refractivity contribution < 1.29 is 18.0 Å². The van der Waals surface area contributed by atoms with Crippen molar-refractivity contribution in [2.45, 2.75) is 11.1 Å². The second-order valence-corrected chi connectivity index (χ2v) is 5.02. The minimum Gasteiger partial charge on any atom is -0.289 e. The number of benzene rings is 2. The van der Waals surface area contributed by atoms with Crippen molar-refractivity contribution in [1.82, 2.24) is 0 Å². The van der Waals surface area contributed by atoms with Gasteiger partial charge in [-0.1, -0.05) is 12.1 Å². The molecule has 0 aromatic heterocycles. The van der Waals surface area contributed by atoms with Gasteiger partial charge in [0.1, 0.15) is 0 Å². The molecule has 0 atom stereocenters. The van der Waals surface area contributed by atoms with Crippen LogP contribution in [0, 0.1) is 0 Å². The van der Waals surface area contributed by atoms with Crippen LogP contribution in [-0.2, 0) is 6.18 Å². The van der Waals surface area contributed by atoms with Crippen molar-refractivity contribution in [3.05, 3.63) is 65.2 Å². The lowest BCUT2D eigenvalue weighted by molar-refractivity contribution is -0.137. The molecule has 5 heteroatoms. The van der Waals surface area contributed by atoms with Gasteiger partial charge in [-0.2, -0.15) is 13.2 Å². The highest BCUT2D eigenvalue weighted by molar-refractivity contribution is 7.98. The third-order valence-corrected chi connectivity index (χ3v) is 3.55. The van der Waals surface area contributed by atoms with Crippen LogP contribution in [0.3, 0.4) is 0 Å². The Bertz CT molecular complexity index is 618. The van der Waals surface area contributed by atoms with Crippen molar-refractivity contribution in [1.29, 1.82) is 0 Å². The zero-order valence-electron chi connectivity index (χ0n) is 10.6. The summed E-state index contributed by atoms with van der Waals surface area (Å²) in [4.78, 5) is 13.1. The quantitative estimate of drug-likeness (QED) is 0.605. The van der Waals surface area contributed by atoms with Crippen LogP contribution in [0.25, 0.3) is 0 Å². The van der Waals surface area contributed by atoms with E-state index < -0.39 is 17.5 Å². The molecule has 0 N–H and O–H groups in total. The summed E-state index contributed by atoms with van der Waals surface area (Å²) in [5.41, 5.74) is -0.400. The highest BCUT2D eigenvalue weighted by atomic mass is 32.2. The van der Waals surface area contributed by atoms with Gasteiger partial charge in [0, 0.05) is 16.0 Å². The molecule has 1 nitrogen and oxygen atoms in total. The molecule has 0 saturated carbocycles. The van der Waals surface area contributed by atoms with Crippen LogP contribution >= 0.6 is 11.8 Å². The first kappa shape index (κ1) is 14.7. The summed E-state index contributed by atoms with van der Waals surface area (Å²) in [7, 11) is 0. The molecule has 0 heterocycles. The van der Waals surface area contributed by atoms with E-state index in [2.05, 4.69) is 0 Å². The van der Waals surface area contributed by atoms with Gasteiger partial charge < -0.3 is 0 Å². The molecule has 104 valence electrons. The zero-order chi connectivity index (χ0) is 14.8. The normalized spacial score (nSPS) is 11.4. The molecule has 2 rings (SSSR count).